The summed E-state index contributed by atoms with van der Waals surface area (Å²) < 4.78 is 4.96. The molecule has 0 aromatic heterocycles. The summed E-state index contributed by atoms with van der Waals surface area (Å²) in [4.78, 5) is 11.9. The summed E-state index contributed by atoms with van der Waals surface area (Å²) in [7, 11) is 1.50. The van der Waals surface area contributed by atoms with Gasteiger partial charge in [0.1, 0.15) is 0 Å². The maximum absolute atomic E-state index is 11.9. The number of esters is 1. The van der Waals surface area contributed by atoms with Crippen molar-refractivity contribution in [1.82, 2.24) is 0 Å². The van der Waals surface area contributed by atoms with Gasteiger partial charge in [0.15, 0.2) is 0 Å². The summed E-state index contributed by atoms with van der Waals surface area (Å²) in [5, 5.41) is 0. The second-order valence-electron chi connectivity index (χ2n) is 7.38. The van der Waals surface area contributed by atoms with E-state index < -0.39 is 0 Å². The van der Waals surface area contributed by atoms with Gasteiger partial charge in [-0.25, -0.2) is 4.79 Å². The first-order valence-corrected chi connectivity index (χ1v) is 7.16. The Morgan fingerprint density at radius 1 is 1.33 bits per heavy atom. The fourth-order valence-electron chi connectivity index (χ4n) is 5.34. The normalized spacial score (nSPS) is 44.4. The Balaban J connectivity index is 2.03. The number of rotatable bonds is 1. The van der Waals surface area contributed by atoms with Crippen molar-refractivity contribution in [3.8, 4) is 0 Å². The van der Waals surface area contributed by atoms with Crippen molar-refractivity contribution in [2.75, 3.05) is 7.11 Å². The molecule has 0 bridgehead atoms. The summed E-state index contributed by atoms with van der Waals surface area (Å²) in [6.07, 6.45) is 8.36. The molecule has 0 aliphatic heterocycles. The smallest absolute Gasteiger partial charge is 0.333 e. The molecule has 1 spiro atoms. The Morgan fingerprint density at radius 2 is 2.06 bits per heavy atom. The van der Waals surface area contributed by atoms with Crippen LogP contribution in [0.5, 0.6) is 0 Å². The molecule has 3 unspecified atom stereocenters. The van der Waals surface area contributed by atoms with Crippen LogP contribution in [0.4, 0.5) is 0 Å². The first-order chi connectivity index (χ1) is 8.38. The third-order valence-electron chi connectivity index (χ3n) is 6.34. The summed E-state index contributed by atoms with van der Waals surface area (Å²) in [6.45, 7) is 7.26. The first kappa shape index (κ1) is 12.3. The average Bonchev–Trinajstić information content (AvgIpc) is 3.05. The number of ether oxygens (including phenoxy) is 1. The molecular formula is C16H24O2. The number of methoxy groups -OCH3 is 1. The van der Waals surface area contributed by atoms with Gasteiger partial charge in [-0.3, -0.25) is 0 Å². The van der Waals surface area contributed by atoms with Gasteiger partial charge >= 0.3 is 5.97 Å². The molecule has 3 atom stereocenters. The van der Waals surface area contributed by atoms with E-state index in [1.807, 2.05) is 0 Å². The molecule has 0 radical (unpaired) electrons. The van der Waals surface area contributed by atoms with Crippen molar-refractivity contribution in [3.05, 3.63) is 11.6 Å². The van der Waals surface area contributed by atoms with Gasteiger partial charge in [0.2, 0.25) is 0 Å². The molecule has 0 amide bonds. The van der Waals surface area contributed by atoms with E-state index in [1.54, 1.807) is 0 Å². The molecule has 3 aliphatic carbocycles. The fraction of sp³-hybridized carbons (Fsp3) is 0.812. The zero-order valence-electron chi connectivity index (χ0n) is 12.0. The molecule has 3 aliphatic rings. The minimum Gasteiger partial charge on any atom is -0.466 e. The lowest BCUT2D eigenvalue weighted by Gasteiger charge is -2.54. The molecular weight excluding hydrogens is 224 g/mol. The largest absolute Gasteiger partial charge is 0.466 e. The van der Waals surface area contributed by atoms with E-state index in [2.05, 4.69) is 26.8 Å². The Bertz CT molecular complexity index is 434. The lowest BCUT2D eigenvalue weighted by Crippen LogP contribution is -2.47. The minimum atomic E-state index is -0.0969. The topological polar surface area (TPSA) is 26.3 Å². The molecule has 100 valence electrons. The highest BCUT2D eigenvalue weighted by atomic mass is 16.5. The third kappa shape index (κ3) is 1.22. The quantitative estimate of drug-likeness (QED) is 0.661. The van der Waals surface area contributed by atoms with Crippen LogP contribution in [0.3, 0.4) is 0 Å². The number of allylic oxidation sites excluding steroid dienone is 1. The predicted molar refractivity (Wildman–Crippen MR) is 71.0 cm³/mol. The van der Waals surface area contributed by atoms with Gasteiger partial charge in [0, 0.05) is 5.57 Å². The van der Waals surface area contributed by atoms with Crippen LogP contribution in [0, 0.1) is 22.2 Å². The van der Waals surface area contributed by atoms with Gasteiger partial charge in [-0.1, -0.05) is 33.3 Å². The summed E-state index contributed by atoms with van der Waals surface area (Å²) in [6, 6.07) is 0. The minimum absolute atomic E-state index is 0.0969. The zero-order chi connectivity index (χ0) is 13.2. The monoisotopic (exact) mass is 248 g/mol. The lowest BCUT2D eigenvalue weighted by atomic mass is 9.50. The number of carbonyl (C=O) groups is 1. The molecule has 2 nitrogen and oxygen atoms in total. The van der Waals surface area contributed by atoms with E-state index in [0.29, 0.717) is 22.2 Å². The second kappa shape index (κ2) is 3.40. The van der Waals surface area contributed by atoms with Crippen molar-refractivity contribution in [1.29, 1.82) is 0 Å². The van der Waals surface area contributed by atoms with Gasteiger partial charge in [-0.05, 0) is 47.8 Å². The van der Waals surface area contributed by atoms with Crippen molar-refractivity contribution >= 4 is 5.97 Å². The highest BCUT2D eigenvalue weighted by molar-refractivity contribution is 5.90. The van der Waals surface area contributed by atoms with Gasteiger partial charge < -0.3 is 4.74 Å². The Kier molecular flexibility index (Phi) is 2.31. The van der Waals surface area contributed by atoms with Gasteiger partial charge in [-0.2, -0.15) is 0 Å². The molecule has 0 heterocycles. The maximum atomic E-state index is 11.9. The zero-order valence-corrected chi connectivity index (χ0v) is 12.0. The summed E-state index contributed by atoms with van der Waals surface area (Å²) in [5.41, 5.74) is 2.08. The third-order valence-corrected chi connectivity index (χ3v) is 6.34. The first-order valence-electron chi connectivity index (χ1n) is 7.16. The summed E-state index contributed by atoms with van der Waals surface area (Å²) >= 11 is 0. The molecule has 2 saturated carbocycles. The van der Waals surface area contributed by atoms with Crippen molar-refractivity contribution in [2.45, 2.75) is 52.9 Å². The highest BCUT2D eigenvalue weighted by Crippen LogP contribution is 2.80. The van der Waals surface area contributed by atoms with E-state index in [1.165, 1.54) is 32.8 Å². The Hall–Kier alpha value is -0.790. The Morgan fingerprint density at radius 3 is 2.72 bits per heavy atom. The van der Waals surface area contributed by atoms with Crippen LogP contribution < -0.4 is 0 Å². The predicted octanol–water partition coefficient (Wildman–Crippen LogP) is 3.71. The van der Waals surface area contributed by atoms with Gasteiger partial charge in [-0.15, -0.1) is 0 Å². The average molecular weight is 248 g/mol. The molecule has 3 rings (SSSR count). The molecule has 0 N–H and O–H groups in total. The summed E-state index contributed by atoms with van der Waals surface area (Å²) in [5.74, 6) is 0.360. The van der Waals surface area contributed by atoms with Gasteiger partial charge in [0.25, 0.3) is 0 Å². The SMILES string of the molecule is COC(=O)C1=CCC2(C)CCCC(C)(C)C23CC13. The molecule has 0 aromatic rings. The van der Waals surface area contributed by atoms with E-state index >= 15 is 0 Å². The molecule has 0 aromatic carbocycles. The van der Waals surface area contributed by atoms with Crippen LogP contribution in [0.2, 0.25) is 0 Å². The lowest BCUT2D eigenvalue weighted by molar-refractivity contribution is -0.137. The van der Waals surface area contributed by atoms with E-state index in [4.69, 9.17) is 4.74 Å². The van der Waals surface area contributed by atoms with Crippen molar-refractivity contribution < 1.29 is 9.53 Å². The number of hydrogen-bond acceptors (Lipinski definition) is 2. The standard InChI is InChI=1S/C16H24O2/c1-14(2)7-5-8-15(3)9-6-11(13(17)18-4)12-10-16(12,14)15/h6,12H,5,7-10H2,1-4H3. The highest BCUT2D eigenvalue weighted by Gasteiger charge is 2.73. The van der Waals surface area contributed by atoms with Gasteiger partial charge in [0.05, 0.1) is 7.11 Å². The van der Waals surface area contributed by atoms with Crippen molar-refractivity contribution in [2.24, 2.45) is 22.2 Å². The van der Waals surface area contributed by atoms with Crippen LogP contribution in [0.1, 0.15) is 52.9 Å². The van der Waals surface area contributed by atoms with Crippen LogP contribution in [-0.2, 0) is 9.53 Å². The van der Waals surface area contributed by atoms with E-state index in [9.17, 15) is 4.79 Å². The van der Waals surface area contributed by atoms with E-state index in [-0.39, 0.29) is 5.97 Å². The molecule has 18 heavy (non-hydrogen) atoms. The maximum Gasteiger partial charge on any atom is 0.333 e. The van der Waals surface area contributed by atoms with E-state index in [0.717, 1.165) is 12.0 Å². The van der Waals surface area contributed by atoms with Crippen LogP contribution in [0.25, 0.3) is 0 Å². The van der Waals surface area contributed by atoms with Crippen molar-refractivity contribution in [3.63, 3.8) is 0 Å². The molecule has 2 heteroatoms. The molecule has 0 saturated heterocycles. The van der Waals surface area contributed by atoms with Crippen LogP contribution in [-0.4, -0.2) is 13.1 Å². The fourth-order valence-corrected chi connectivity index (χ4v) is 5.34. The number of carbonyl (C=O) groups excluding carboxylic acids is 1. The molecule has 2 fully saturated rings. The number of hydrogen-bond donors (Lipinski definition) is 0. The Labute approximate surface area is 110 Å². The van der Waals surface area contributed by atoms with Crippen LogP contribution in [0.15, 0.2) is 11.6 Å². The van der Waals surface area contributed by atoms with Crippen LogP contribution >= 0.6 is 0 Å². The second-order valence-corrected chi connectivity index (χ2v) is 7.38.